The monoisotopic (exact) mass is 276 g/mol. The molecule has 0 aliphatic carbocycles. The molecule has 0 spiro atoms. The van der Waals surface area contributed by atoms with Gasteiger partial charge in [-0.15, -0.1) is 0 Å². The molecule has 2 heterocycles. The van der Waals surface area contributed by atoms with Gasteiger partial charge in [0.05, 0.1) is 0 Å². The van der Waals surface area contributed by atoms with Crippen molar-refractivity contribution in [1.82, 2.24) is 15.3 Å². The third kappa shape index (κ3) is 4.22. The summed E-state index contributed by atoms with van der Waals surface area (Å²) in [4.78, 5) is 19.8. The van der Waals surface area contributed by atoms with Crippen LogP contribution >= 0.6 is 11.6 Å². The summed E-state index contributed by atoms with van der Waals surface area (Å²) < 4.78 is 0. The normalized spacial score (nSPS) is 9.95. The molecule has 1 amide bonds. The van der Waals surface area contributed by atoms with Gasteiger partial charge in [0.2, 0.25) is 0 Å². The number of halogens is 1. The van der Waals surface area contributed by atoms with Crippen LogP contribution in [0.4, 0.5) is 5.82 Å². The second-order valence-electron chi connectivity index (χ2n) is 3.74. The van der Waals surface area contributed by atoms with Crippen LogP contribution in [-0.4, -0.2) is 29.0 Å². The zero-order valence-corrected chi connectivity index (χ0v) is 10.9. The lowest BCUT2D eigenvalue weighted by atomic mass is 10.3. The molecule has 5 nitrogen and oxygen atoms in total. The van der Waals surface area contributed by atoms with Crippen LogP contribution in [0.2, 0.25) is 5.15 Å². The van der Waals surface area contributed by atoms with E-state index in [-0.39, 0.29) is 5.91 Å². The van der Waals surface area contributed by atoms with Crippen molar-refractivity contribution in [2.45, 2.75) is 0 Å². The van der Waals surface area contributed by atoms with E-state index in [2.05, 4.69) is 20.6 Å². The highest BCUT2D eigenvalue weighted by Gasteiger charge is 2.06. The molecule has 98 valence electrons. The summed E-state index contributed by atoms with van der Waals surface area (Å²) in [6, 6.07) is 10.5. The summed E-state index contributed by atoms with van der Waals surface area (Å²) in [5.74, 6) is 0.531. The molecule has 0 saturated carbocycles. The number of amides is 1. The predicted molar refractivity (Wildman–Crippen MR) is 74.3 cm³/mol. The maximum atomic E-state index is 11.7. The number of carbonyl (C=O) groups excluding carboxylic acids is 1. The molecule has 2 aromatic heterocycles. The van der Waals surface area contributed by atoms with E-state index >= 15 is 0 Å². The van der Waals surface area contributed by atoms with Gasteiger partial charge in [-0.05, 0) is 24.3 Å². The number of hydrogen-bond donors (Lipinski definition) is 2. The summed E-state index contributed by atoms with van der Waals surface area (Å²) in [6.07, 6.45) is 1.71. The molecule has 2 rings (SSSR count). The number of aromatic nitrogens is 2. The number of anilines is 1. The molecule has 0 bridgehead atoms. The smallest absolute Gasteiger partial charge is 0.270 e. The summed E-state index contributed by atoms with van der Waals surface area (Å²) in [5.41, 5.74) is 0.310. The van der Waals surface area contributed by atoms with Gasteiger partial charge in [-0.3, -0.25) is 4.79 Å². The van der Waals surface area contributed by atoms with E-state index in [1.807, 2.05) is 18.2 Å². The molecule has 2 N–H and O–H groups in total. The van der Waals surface area contributed by atoms with Crippen LogP contribution in [0.15, 0.2) is 42.6 Å². The number of carbonyl (C=O) groups is 1. The first-order valence-electron chi connectivity index (χ1n) is 5.81. The van der Waals surface area contributed by atoms with Gasteiger partial charge in [0.25, 0.3) is 5.91 Å². The second-order valence-corrected chi connectivity index (χ2v) is 4.13. The molecule has 0 atom stereocenters. The van der Waals surface area contributed by atoms with Crippen molar-refractivity contribution in [3.8, 4) is 0 Å². The van der Waals surface area contributed by atoms with Gasteiger partial charge in [-0.1, -0.05) is 23.7 Å². The molecule has 0 radical (unpaired) electrons. The Morgan fingerprint density at radius 2 is 2.05 bits per heavy atom. The van der Waals surface area contributed by atoms with Gasteiger partial charge in [0.15, 0.2) is 0 Å². The lowest BCUT2D eigenvalue weighted by molar-refractivity contribution is 0.0950. The number of rotatable bonds is 5. The molecule has 0 aliphatic heterocycles. The van der Waals surface area contributed by atoms with E-state index in [1.165, 1.54) is 0 Å². The van der Waals surface area contributed by atoms with Crippen LogP contribution in [0.25, 0.3) is 0 Å². The Kier molecular flexibility index (Phi) is 4.69. The fourth-order valence-corrected chi connectivity index (χ4v) is 1.62. The third-order valence-corrected chi connectivity index (χ3v) is 2.54. The van der Waals surface area contributed by atoms with Crippen molar-refractivity contribution in [1.29, 1.82) is 0 Å². The Morgan fingerprint density at radius 1 is 1.16 bits per heavy atom. The molecule has 6 heteroatoms. The SMILES string of the molecule is O=C(NCCNc1ccccn1)c1cccc(Cl)n1. The van der Waals surface area contributed by atoms with E-state index in [0.717, 1.165) is 5.82 Å². The van der Waals surface area contributed by atoms with Crippen molar-refractivity contribution in [2.24, 2.45) is 0 Å². The highest BCUT2D eigenvalue weighted by molar-refractivity contribution is 6.29. The van der Waals surface area contributed by atoms with Gasteiger partial charge >= 0.3 is 0 Å². The van der Waals surface area contributed by atoms with Gasteiger partial charge in [-0.2, -0.15) is 0 Å². The zero-order chi connectivity index (χ0) is 13.5. The van der Waals surface area contributed by atoms with Gasteiger partial charge in [0, 0.05) is 19.3 Å². The van der Waals surface area contributed by atoms with Gasteiger partial charge in [-0.25, -0.2) is 9.97 Å². The molecule has 0 aliphatic rings. The van der Waals surface area contributed by atoms with E-state index in [9.17, 15) is 4.79 Å². The summed E-state index contributed by atoms with van der Waals surface area (Å²) in [6.45, 7) is 1.06. The quantitative estimate of drug-likeness (QED) is 0.647. The van der Waals surface area contributed by atoms with Crippen molar-refractivity contribution in [2.75, 3.05) is 18.4 Å². The maximum Gasteiger partial charge on any atom is 0.270 e. The molecule has 19 heavy (non-hydrogen) atoms. The summed E-state index contributed by atoms with van der Waals surface area (Å²) >= 11 is 5.72. The molecule has 0 fully saturated rings. The molecular weight excluding hydrogens is 264 g/mol. The Morgan fingerprint density at radius 3 is 2.79 bits per heavy atom. The number of nitrogens with one attached hydrogen (secondary N) is 2. The number of nitrogens with zero attached hydrogens (tertiary/aromatic N) is 2. The standard InChI is InChI=1S/C13H13ClN4O/c14-11-5-3-4-10(18-11)13(19)17-9-8-16-12-6-1-2-7-15-12/h1-7H,8-9H2,(H,15,16)(H,17,19). The Labute approximate surface area is 116 Å². The van der Waals surface area contributed by atoms with Crippen molar-refractivity contribution in [3.63, 3.8) is 0 Å². The first-order chi connectivity index (χ1) is 9.25. The highest BCUT2D eigenvalue weighted by atomic mass is 35.5. The second kappa shape index (κ2) is 6.70. The number of pyridine rings is 2. The minimum Gasteiger partial charge on any atom is -0.368 e. The average Bonchev–Trinajstić information content (AvgIpc) is 2.44. The van der Waals surface area contributed by atoms with Crippen LogP contribution in [0, 0.1) is 0 Å². The molecule has 0 unspecified atom stereocenters. The van der Waals surface area contributed by atoms with E-state index in [4.69, 9.17) is 11.6 Å². The first kappa shape index (κ1) is 13.3. The lowest BCUT2D eigenvalue weighted by Gasteiger charge is -2.06. The van der Waals surface area contributed by atoms with Crippen molar-refractivity contribution in [3.05, 3.63) is 53.4 Å². The van der Waals surface area contributed by atoms with Crippen LogP contribution < -0.4 is 10.6 Å². The van der Waals surface area contributed by atoms with E-state index < -0.39 is 0 Å². The van der Waals surface area contributed by atoms with Crippen LogP contribution in [0.5, 0.6) is 0 Å². The largest absolute Gasteiger partial charge is 0.368 e. The summed E-state index contributed by atoms with van der Waals surface area (Å²) in [5, 5.41) is 6.14. The van der Waals surface area contributed by atoms with Gasteiger partial charge in [0.1, 0.15) is 16.7 Å². The minimum atomic E-state index is -0.245. The van der Waals surface area contributed by atoms with Crippen LogP contribution in [0.1, 0.15) is 10.5 Å². The van der Waals surface area contributed by atoms with E-state index in [1.54, 1.807) is 24.4 Å². The van der Waals surface area contributed by atoms with Crippen molar-refractivity contribution >= 4 is 23.3 Å². The predicted octanol–water partition coefficient (Wildman–Crippen LogP) is 1.97. The zero-order valence-electron chi connectivity index (χ0n) is 10.1. The minimum absolute atomic E-state index is 0.245. The fraction of sp³-hybridized carbons (Fsp3) is 0.154. The summed E-state index contributed by atoms with van der Waals surface area (Å²) in [7, 11) is 0. The molecule has 0 aromatic carbocycles. The maximum absolute atomic E-state index is 11.7. The fourth-order valence-electron chi connectivity index (χ4n) is 1.46. The van der Waals surface area contributed by atoms with Crippen molar-refractivity contribution < 1.29 is 4.79 Å². The van der Waals surface area contributed by atoms with E-state index in [0.29, 0.717) is 23.9 Å². The highest BCUT2D eigenvalue weighted by Crippen LogP contribution is 2.04. The topological polar surface area (TPSA) is 66.9 Å². The van der Waals surface area contributed by atoms with Crippen LogP contribution in [0.3, 0.4) is 0 Å². The average molecular weight is 277 g/mol. The molecular formula is C13H13ClN4O. The third-order valence-electron chi connectivity index (χ3n) is 2.33. The first-order valence-corrected chi connectivity index (χ1v) is 6.19. The molecule has 0 saturated heterocycles. The Hall–Kier alpha value is -2.14. The Bertz CT molecular complexity index is 547. The number of hydrogen-bond acceptors (Lipinski definition) is 4. The van der Waals surface area contributed by atoms with Crippen LogP contribution in [-0.2, 0) is 0 Å². The van der Waals surface area contributed by atoms with Gasteiger partial charge < -0.3 is 10.6 Å². The Balaban J connectivity index is 1.75. The lowest BCUT2D eigenvalue weighted by Crippen LogP contribution is -2.29. The molecule has 2 aromatic rings.